The summed E-state index contributed by atoms with van der Waals surface area (Å²) in [7, 11) is 2.95. The number of pyridine rings is 1. The summed E-state index contributed by atoms with van der Waals surface area (Å²) in [5, 5.41) is 0.881. The van der Waals surface area contributed by atoms with Crippen LogP contribution in [0.4, 0.5) is 0 Å². The molecule has 1 atom stereocenters. The fourth-order valence-electron chi connectivity index (χ4n) is 5.83. The quantitative estimate of drug-likeness (QED) is 0.629. The molecule has 2 aromatic rings. The standard InChI is InChI=1S/C26H33N3O5/c1-16-12-17(2)23-19(14-18(3)27-21(23)13-16)24(31)28-8-6-26(7-9-28)20(25(32)34-5)15-22(30)29(26)10-11-33-4/h12-14,20H,6-11,15H2,1-5H3. The van der Waals surface area contributed by atoms with Crippen LogP contribution in [-0.2, 0) is 19.1 Å². The van der Waals surface area contributed by atoms with Gasteiger partial charge in [-0.3, -0.25) is 19.4 Å². The molecule has 34 heavy (non-hydrogen) atoms. The number of piperidine rings is 1. The third kappa shape index (κ3) is 4.04. The predicted molar refractivity (Wildman–Crippen MR) is 128 cm³/mol. The zero-order chi connectivity index (χ0) is 24.6. The molecular formula is C26H33N3O5. The van der Waals surface area contributed by atoms with Crippen molar-refractivity contribution in [2.45, 2.75) is 45.6 Å². The van der Waals surface area contributed by atoms with Gasteiger partial charge in [0.1, 0.15) is 0 Å². The van der Waals surface area contributed by atoms with Crippen LogP contribution in [-0.4, -0.2) is 78.6 Å². The largest absolute Gasteiger partial charge is 0.469 e. The van der Waals surface area contributed by atoms with Crippen LogP contribution in [0.3, 0.4) is 0 Å². The molecule has 0 N–H and O–H groups in total. The molecule has 2 amide bonds. The van der Waals surface area contributed by atoms with Crippen LogP contribution in [0, 0.1) is 26.7 Å². The van der Waals surface area contributed by atoms with Crippen molar-refractivity contribution in [1.82, 2.24) is 14.8 Å². The van der Waals surface area contributed by atoms with Crippen LogP contribution in [0.15, 0.2) is 18.2 Å². The minimum atomic E-state index is -0.650. The Morgan fingerprint density at radius 2 is 1.82 bits per heavy atom. The van der Waals surface area contributed by atoms with Gasteiger partial charge in [-0.25, -0.2) is 0 Å². The summed E-state index contributed by atoms with van der Waals surface area (Å²) in [6, 6.07) is 5.94. The Bertz CT molecular complexity index is 1130. The van der Waals surface area contributed by atoms with Crippen molar-refractivity contribution in [3.8, 4) is 0 Å². The van der Waals surface area contributed by atoms with E-state index in [1.165, 1.54) is 7.11 Å². The average Bonchev–Trinajstić information content (AvgIpc) is 3.06. The van der Waals surface area contributed by atoms with E-state index in [0.29, 0.717) is 44.6 Å². The highest BCUT2D eigenvalue weighted by Crippen LogP contribution is 2.44. The normalized spacial score (nSPS) is 19.8. The zero-order valence-corrected chi connectivity index (χ0v) is 20.6. The number of fused-ring (bicyclic) bond motifs is 1. The number of aromatic nitrogens is 1. The number of benzene rings is 1. The number of likely N-dealkylation sites (tertiary alicyclic amines) is 2. The van der Waals surface area contributed by atoms with Crippen molar-refractivity contribution in [1.29, 1.82) is 0 Å². The Labute approximate surface area is 200 Å². The summed E-state index contributed by atoms with van der Waals surface area (Å²) in [6.45, 7) is 7.66. The Balaban J connectivity index is 1.63. The number of esters is 1. The van der Waals surface area contributed by atoms with Crippen LogP contribution in [0.2, 0.25) is 0 Å². The Morgan fingerprint density at radius 3 is 2.47 bits per heavy atom. The first kappa shape index (κ1) is 24.1. The maximum absolute atomic E-state index is 13.7. The summed E-state index contributed by atoms with van der Waals surface area (Å²) in [6.07, 6.45) is 1.18. The van der Waals surface area contributed by atoms with Gasteiger partial charge in [0.05, 0.1) is 36.3 Å². The number of methoxy groups -OCH3 is 2. The van der Waals surface area contributed by atoms with Crippen LogP contribution >= 0.6 is 0 Å². The summed E-state index contributed by atoms with van der Waals surface area (Å²) < 4.78 is 10.3. The topological polar surface area (TPSA) is 89.0 Å². The molecular weight excluding hydrogens is 434 g/mol. The van der Waals surface area contributed by atoms with Crippen LogP contribution < -0.4 is 0 Å². The summed E-state index contributed by atoms with van der Waals surface area (Å²) in [5.74, 6) is -1.00. The molecule has 0 aliphatic carbocycles. The third-order valence-corrected chi connectivity index (χ3v) is 7.40. The Morgan fingerprint density at radius 1 is 1.12 bits per heavy atom. The lowest BCUT2D eigenvalue weighted by Gasteiger charge is -2.47. The summed E-state index contributed by atoms with van der Waals surface area (Å²) in [4.78, 5) is 47.4. The second-order valence-electron chi connectivity index (χ2n) is 9.50. The van der Waals surface area contributed by atoms with Gasteiger partial charge in [0, 0.05) is 44.2 Å². The Hall–Kier alpha value is -3.00. The van der Waals surface area contributed by atoms with Gasteiger partial charge in [-0.1, -0.05) is 6.07 Å². The predicted octanol–water partition coefficient (Wildman–Crippen LogP) is 2.80. The highest BCUT2D eigenvalue weighted by molar-refractivity contribution is 6.07. The molecule has 2 aliphatic rings. The molecule has 8 heteroatoms. The highest BCUT2D eigenvalue weighted by atomic mass is 16.5. The number of amides is 2. The average molecular weight is 468 g/mol. The molecule has 2 fully saturated rings. The van der Waals surface area contributed by atoms with Gasteiger partial charge in [-0.2, -0.15) is 0 Å². The monoisotopic (exact) mass is 467 g/mol. The fraction of sp³-hybridized carbons (Fsp3) is 0.538. The fourth-order valence-corrected chi connectivity index (χ4v) is 5.83. The van der Waals surface area contributed by atoms with Gasteiger partial charge in [0.25, 0.3) is 5.91 Å². The van der Waals surface area contributed by atoms with Crippen molar-refractivity contribution in [2.75, 3.05) is 40.5 Å². The number of nitrogens with zero attached hydrogens (tertiary/aromatic N) is 3. The zero-order valence-electron chi connectivity index (χ0n) is 20.6. The van der Waals surface area contributed by atoms with Gasteiger partial charge in [-0.15, -0.1) is 0 Å². The maximum Gasteiger partial charge on any atom is 0.311 e. The summed E-state index contributed by atoms with van der Waals surface area (Å²) in [5.41, 5.74) is 3.76. The van der Waals surface area contributed by atoms with E-state index in [0.717, 1.165) is 27.7 Å². The van der Waals surface area contributed by atoms with E-state index in [4.69, 9.17) is 9.47 Å². The molecule has 1 aromatic heterocycles. The van der Waals surface area contributed by atoms with Gasteiger partial charge >= 0.3 is 5.97 Å². The van der Waals surface area contributed by atoms with E-state index in [1.54, 1.807) is 12.0 Å². The van der Waals surface area contributed by atoms with Gasteiger partial charge < -0.3 is 19.3 Å². The number of carbonyl (C=O) groups is 3. The lowest BCUT2D eigenvalue weighted by molar-refractivity contribution is -0.150. The molecule has 0 saturated carbocycles. The number of aryl methyl sites for hydroxylation is 3. The number of rotatable bonds is 5. The second kappa shape index (κ2) is 9.33. The molecule has 182 valence electrons. The maximum atomic E-state index is 13.7. The van der Waals surface area contributed by atoms with Crippen molar-refractivity contribution < 1.29 is 23.9 Å². The lowest BCUT2D eigenvalue weighted by atomic mass is 9.76. The van der Waals surface area contributed by atoms with Gasteiger partial charge in [0.2, 0.25) is 5.91 Å². The number of hydrogen-bond acceptors (Lipinski definition) is 6. The molecule has 1 unspecified atom stereocenters. The first-order valence-corrected chi connectivity index (χ1v) is 11.8. The molecule has 1 spiro atoms. The van der Waals surface area contributed by atoms with Crippen molar-refractivity contribution in [2.24, 2.45) is 5.92 Å². The smallest absolute Gasteiger partial charge is 0.311 e. The molecule has 8 nitrogen and oxygen atoms in total. The van der Waals surface area contributed by atoms with E-state index in [-0.39, 0.29) is 24.2 Å². The minimum Gasteiger partial charge on any atom is -0.469 e. The van der Waals surface area contributed by atoms with Crippen molar-refractivity contribution in [3.63, 3.8) is 0 Å². The van der Waals surface area contributed by atoms with Gasteiger partial charge in [-0.05, 0) is 56.9 Å². The number of hydrogen-bond donors (Lipinski definition) is 0. The van der Waals surface area contributed by atoms with E-state index < -0.39 is 11.5 Å². The molecule has 0 radical (unpaired) electrons. The SMILES string of the molecule is COCCN1C(=O)CC(C(=O)OC)C12CCN(C(=O)c1cc(C)nc3cc(C)cc(C)c13)CC2. The molecule has 2 saturated heterocycles. The summed E-state index contributed by atoms with van der Waals surface area (Å²) >= 11 is 0. The first-order chi connectivity index (χ1) is 16.2. The molecule has 1 aromatic carbocycles. The van der Waals surface area contributed by atoms with E-state index in [1.807, 2.05) is 37.8 Å². The van der Waals surface area contributed by atoms with Crippen LogP contribution in [0.25, 0.3) is 10.9 Å². The van der Waals surface area contributed by atoms with Crippen molar-refractivity contribution >= 4 is 28.7 Å². The molecule has 3 heterocycles. The second-order valence-corrected chi connectivity index (χ2v) is 9.50. The molecule has 4 rings (SSSR count). The van der Waals surface area contributed by atoms with E-state index >= 15 is 0 Å². The minimum absolute atomic E-state index is 0.0420. The van der Waals surface area contributed by atoms with E-state index in [2.05, 4.69) is 11.1 Å². The first-order valence-electron chi connectivity index (χ1n) is 11.8. The lowest BCUT2D eigenvalue weighted by Crippen LogP contribution is -2.58. The van der Waals surface area contributed by atoms with Gasteiger partial charge in [0.15, 0.2) is 0 Å². The molecule has 2 aliphatic heterocycles. The van der Waals surface area contributed by atoms with Crippen LogP contribution in [0.5, 0.6) is 0 Å². The number of ether oxygens (including phenoxy) is 2. The third-order valence-electron chi connectivity index (χ3n) is 7.40. The number of carbonyl (C=O) groups excluding carboxylic acids is 3. The molecule has 0 bridgehead atoms. The van der Waals surface area contributed by atoms with Crippen LogP contribution in [0.1, 0.15) is 46.4 Å². The highest BCUT2D eigenvalue weighted by Gasteiger charge is 2.57. The van der Waals surface area contributed by atoms with E-state index in [9.17, 15) is 14.4 Å². The van der Waals surface area contributed by atoms with Crippen molar-refractivity contribution in [3.05, 3.63) is 40.6 Å². The Kier molecular flexibility index (Phi) is 6.62.